The van der Waals surface area contributed by atoms with Crippen molar-refractivity contribution < 1.29 is 33.3 Å². The largest absolute Gasteiger partial charge is 0.497 e. The van der Waals surface area contributed by atoms with Gasteiger partial charge < -0.3 is 23.7 Å². The Morgan fingerprint density at radius 2 is 1.93 bits per heavy atom. The number of carboxylic acids is 1. The molecule has 2 aromatic heterocycles. The number of thiazole rings is 1. The molecule has 10 nitrogen and oxygen atoms in total. The minimum absolute atomic E-state index is 0.0545. The second kappa shape index (κ2) is 11.7. The third-order valence-electron chi connectivity index (χ3n) is 6.63. The lowest BCUT2D eigenvalue weighted by Gasteiger charge is -2.26. The summed E-state index contributed by atoms with van der Waals surface area (Å²) < 4.78 is 24.1. The van der Waals surface area contributed by atoms with Crippen LogP contribution in [0, 0.1) is 0 Å². The van der Waals surface area contributed by atoms with Crippen LogP contribution < -0.4 is 24.4 Å². The van der Waals surface area contributed by atoms with Crippen molar-refractivity contribution in [2.75, 3.05) is 20.8 Å². The number of methoxy groups -OCH3 is 2. The van der Waals surface area contributed by atoms with E-state index in [4.69, 9.17) is 30.2 Å². The van der Waals surface area contributed by atoms with Crippen LogP contribution in [0.2, 0.25) is 5.02 Å². The van der Waals surface area contributed by atoms with Crippen LogP contribution in [0.15, 0.2) is 74.0 Å². The molecule has 3 heterocycles. The Balaban J connectivity index is 1.66. The molecule has 0 amide bonds. The summed E-state index contributed by atoms with van der Waals surface area (Å²) in [4.78, 5) is 43.6. The molecule has 0 bridgehead atoms. The van der Waals surface area contributed by atoms with Crippen molar-refractivity contribution in [1.82, 2.24) is 4.57 Å². The first-order chi connectivity index (χ1) is 20.2. The number of aromatic carboxylic acids is 1. The molecule has 1 atom stereocenters. The number of benzene rings is 2. The number of carbonyl (C=O) groups excluding carboxylic acids is 1. The molecule has 1 aliphatic heterocycles. The monoisotopic (exact) mass is 608 g/mol. The standard InChI is InChI=1S/C30H25ClN2O8S/c1-5-40-29(37)25-15(2)32-30-33(26(25)20-13-17(38-3)7-11-23(20)39-4)27(34)24(42-30)14-18-8-10-22(41-18)16-6-9-21(31)19(12-16)28(35)36/h6-14,26H,5H2,1-4H3,(H,35,36)/b24-14+/t26-/m1/s1. The van der Waals surface area contributed by atoms with E-state index in [1.165, 1.54) is 30.9 Å². The number of hydrogen-bond donors (Lipinski definition) is 1. The Bertz CT molecular complexity index is 1930. The summed E-state index contributed by atoms with van der Waals surface area (Å²) in [5.74, 6) is -0.0309. The highest BCUT2D eigenvalue weighted by Gasteiger charge is 2.35. The average Bonchev–Trinajstić information content (AvgIpc) is 3.56. The second-order valence-corrected chi connectivity index (χ2v) is 10.5. The van der Waals surface area contributed by atoms with Gasteiger partial charge in [-0.15, -0.1) is 0 Å². The van der Waals surface area contributed by atoms with E-state index in [1.807, 2.05) is 0 Å². The third kappa shape index (κ3) is 5.24. The van der Waals surface area contributed by atoms with Crippen molar-refractivity contribution in [2.45, 2.75) is 19.9 Å². The molecule has 0 radical (unpaired) electrons. The number of allylic oxidation sites excluding steroid dienone is 1. The normalized spacial score (nSPS) is 14.8. The van der Waals surface area contributed by atoms with Crippen LogP contribution in [0.3, 0.4) is 0 Å². The van der Waals surface area contributed by atoms with Gasteiger partial charge in [-0.2, -0.15) is 0 Å². The van der Waals surface area contributed by atoms with E-state index < -0.39 is 23.5 Å². The molecule has 0 spiro atoms. The Morgan fingerprint density at radius 3 is 2.62 bits per heavy atom. The number of hydrogen-bond acceptors (Lipinski definition) is 9. The highest BCUT2D eigenvalue weighted by Crippen LogP contribution is 2.38. The van der Waals surface area contributed by atoms with Gasteiger partial charge in [-0.3, -0.25) is 9.36 Å². The van der Waals surface area contributed by atoms with Crippen molar-refractivity contribution in [1.29, 1.82) is 0 Å². The molecule has 0 saturated carbocycles. The summed E-state index contributed by atoms with van der Waals surface area (Å²) >= 11 is 7.14. The summed E-state index contributed by atoms with van der Waals surface area (Å²) in [5.41, 5.74) is 1.20. The van der Waals surface area contributed by atoms with Crippen LogP contribution in [0.4, 0.5) is 0 Å². The highest BCUT2D eigenvalue weighted by atomic mass is 35.5. The van der Waals surface area contributed by atoms with Crippen LogP contribution in [0.25, 0.3) is 17.4 Å². The Morgan fingerprint density at radius 1 is 1.14 bits per heavy atom. The second-order valence-electron chi connectivity index (χ2n) is 9.11. The summed E-state index contributed by atoms with van der Waals surface area (Å²) in [6.45, 7) is 3.54. The van der Waals surface area contributed by atoms with Gasteiger partial charge in [0.05, 0.1) is 47.2 Å². The average molecular weight is 609 g/mol. The molecule has 42 heavy (non-hydrogen) atoms. The SMILES string of the molecule is CCOC(=O)C1=C(C)N=c2s/c(=C/c3ccc(-c4ccc(Cl)c(C(=O)O)c4)o3)c(=O)n2[C@@H]1c1cc(OC)ccc1OC. The van der Waals surface area contributed by atoms with Crippen LogP contribution in [-0.2, 0) is 9.53 Å². The number of rotatable bonds is 8. The number of aromatic nitrogens is 1. The molecule has 4 aromatic rings. The topological polar surface area (TPSA) is 130 Å². The van der Waals surface area contributed by atoms with Crippen molar-refractivity contribution >= 4 is 41.0 Å². The molecule has 2 aromatic carbocycles. The number of ether oxygens (including phenoxy) is 3. The molecule has 0 fully saturated rings. The maximum atomic E-state index is 13.9. The number of esters is 1. The first-order valence-corrected chi connectivity index (χ1v) is 13.9. The van der Waals surface area contributed by atoms with E-state index in [9.17, 15) is 19.5 Å². The Hall–Kier alpha value is -4.61. The lowest BCUT2D eigenvalue weighted by Crippen LogP contribution is -2.40. The number of halogens is 1. The molecule has 1 aliphatic rings. The first kappa shape index (κ1) is 28.9. The summed E-state index contributed by atoms with van der Waals surface area (Å²) in [6.07, 6.45) is 1.57. The lowest BCUT2D eigenvalue weighted by molar-refractivity contribution is -0.139. The van der Waals surface area contributed by atoms with Gasteiger partial charge in [-0.05, 0) is 62.4 Å². The number of furan rings is 1. The molecular formula is C30H25ClN2O8S. The highest BCUT2D eigenvalue weighted by molar-refractivity contribution is 7.07. The van der Waals surface area contributed by atoms with Gasteiger partial charge in [-0.25, -0.2) is 14.6 Å². The minimum Gasteiger partial charge on any atom is -0.497 e. The fraction of sp³-hybridized carbons (Fsp3) is 0.200. The first-order valence-electron chi connectivity index (χ1n) is 12.7. The molecule has 1 N–H and O–H groups in total. The van der Waals surface area contributed by atoms with Gasteiger partial charge in [-0.1, -0.05) is 22.9 Å². The van der Waals surface area contributed by atoms with E-state index in [-0.39, 0.29) is 22.8 Å². The van der Waals surface area contributed by atoms with Crippen molar-refractivity contribution in [3.63, 3.8) is 0 Å². The zero-order valence-electron chi connectivity index (χ0n) is 23.0. The van der Waals surface area contributed by atoms with E-state index in [1.54, 1.807) is 56.3 Å². The lowest BCUT2D eigenvalue weighted by atomic mass is 9.95. The van der Waals surface area contributed by atoms with Gasteiger partial charge in [0.1, 0.15) is 29.1 Å². The number of fused-ring (bicyclic) bond motifs is 1. The maximum absolute atomic E-state index is 13.9. The predicted molar refractivity (Wildman–Crippen MR) is 156 cm³/mol. The Labute approximate surface area is 248 Å². The molecule has 216 valence electrons. The molecule has 5 rings (SSSR count). The molecule has 0 unspecified atom stereocenters. The van der Waals surface area contributed by atoms with E-state index in [0.29, 0.717) is 49.2 Å². The van der Waals surface area contributed by atoms with Crippen molar-refractivity contribution in [2.24, 2.45) is 4.99 Å². The van der Waals surface area contributed by atoms with Gasteiger partial charge in [0, 0.05) is 17.2 Å². The van der Waals surface area contributed by atoms with E-state index >= 15 is 0 Å². The van der Waals surface area contributed by atoms with Gasteiger partial charge in [0.25, 0.3) is 5.56 Å². The quantitative estimate of drug-likeness (QED) is 0.291. The molecule has 0 aliphatic carbocycles. The van der Waals surface area contributed by atoms with Crippen LogP contribution >= 0.6 is 22.9 Å². The Kier molecular flexibility index (Phi) is 8.06. The molecular weight excluding hydrogens is 584 g/mol. The van der Waals surface area contributed by atoms with E-state index in [2.05, 4.69) is 4.99 Å². The number of carboxylic acid groups (broad SMARTS) is 1. The molecule has 12 heteroatoms. The minimum atomic E-state index is -1.16. The predicted octanol–water partition coefficient (Wildman–Crippen LogP) is 4.43. The smallest absolute Gasteiger partial charge is 0.338 e. The van der Waals surface area contributed by atoms with Crippen LogP contribution in [0.1, 0.15) is 41.6 Å². The van der Waals surface area contributed by atoms with Gasteiger partial charge in [0.15, 0.2) is 4.80 Å². The van der Waals surface area contributed by atoms with Crippen LogP contribution in [0.5, 0.6) is 11.5 Å². The van der Waals surface area contributed by atoms with Gasteiger partial charge >= 0.3 is 11.9 Å². The summed E-state index contributed by atoms with van der Waals surface area (Å²) in [7, 11) is 3.03. The fourth-order valence-electron chi connectivity index (χ4n) is 4.70. The number of nitrogens with zero attached hydrogens (tertiary/aromatic N) is 2. The summed E-state index contributed by atoms with van der Waals surface area (Å²) in [6, 6.07) is 12.1. The zero-order valence-corrected chi connectivity index (χ0v) is 24.5. The number of carbonyl (C=O) groups is 2. The third-order valence-corrected chi connectivity index (χ3v) is 7.94. The van der Waals surface area contributed by atoms with Crippen molar-refractivity contribution in [3.05, 3.63) is 101 Å². The van der Waals surface area contributed by atoms with Crippen molar-refractivity contribution in [3.8, 4) is 22.8 Å². The van der Waals surface area contributed by atoms with E-state index in [0.717, 1.165) is 11.3 Å². The van der Waals surface area contributed by atoms with Gasteiger partial charge in [0.2, 0.25) is 0 Å². The summed E-state index contributed by atoms with van der Waals surface area (Å²) in [5, 5.41) is 9.51. The molecule has 0 saturated heterocycles. The van der Waals surface area contributed by atoms with Crippen LogP contribution in [-0.4, -0.2) is 42.4 Å². The maximum Gasteiger partial charge on any atom is 0.338 e. The zero-order chi connectivity index (χ0) is 30.1. The fourth-order valence-corrected chi connectivity index (χ4v) is 5.92.